The van der Waals surface area contributed by atoms with E-state index in [1.54, 1.807) is 19.1 Å². The number of nitrogens with zero attached hydrogens (tertiary/aromatic N) is 1. The Kier molecular flexibility index (Phi) is 7.32. The van der Waals surface area contributed by atoms with E-state index in [2.05, 4.69) is 5.32 Å². The highest BCUT2D eigenvalue weighted by molar-refractivity contribution is 7.89. The van der Waals surface area contributed by atoms with Gasteiger partial charge >= 0.3 is 0 Å². The monoisotopic (exact) mass is 375 g/mol. The van der Waals surface area contributed by atoms with Crippen molar-refractivity contribution in [3.63, 3.8) is 0 Å². The summed E-state index contributed by atoms with van der Waals surface area (Å²) in [5.41, 5.74) is 7.26. The number of nitrogens with two attached hydrogens (primary N) is 1. The number of rotatable bonds is 9. The number of hydrogen-bond donors (Lipinski definition) is 2. The molecule has 0 aliphatic rings. The van der Waals surface area contributed by atoms with Crippen LogP contribution in [0.5, 0.6) is 0 Å². The Labute approximate surface area is 155 Å². The normalized spacial score (nSPS) is 11.5. The molecule has 1 amide bonds. The highest BCUT2D eigenvalue weighted by Crippen LogP contribution is 2.19. The summed E-state index contributed by atoms with van der Waals surface area (Å²) >= 11 is 0. The number of amides is 1. The second-order valence-corrected chi connectivity index (χ2v) is 7.79. The van der Waals surface area contributed by atoms with Gasteiger partial charge in [-0.3, -0.25) is 4.79 Å². The van der Waals surface area contributed by atoms with Gasteiger partial charge in [0.1, 0.15) is 0 Å². The molecule has 7 heteroatoms. The van der Waals surface area contributed by atoms with Crippen molar-refractivity contribution >= 4 is 21.6 Å². The number of sulfonamides is 1. The molecule has 0 spiro atoms. The van der Waals surface area contributed by atoms with Crippen molar-refractivity contribution in [2.75, 3.05) is 25.0 Å². The number of carbonyl (C=O) groups excluding carboxylic acids is 1. The first-order chi connectivity index (χ1) is 12.5. The van der Waals surface area contributed by atoms with Gasteiger partial charge in [-0.05, 0) is 36.2 Å². The maximum atomic E-state index is 12.9. The molecule has 2 aromatic carbocycles. The SMILES string of the molecule is CCC(=O)Nc1ccc(S(=O)(=O)N(CCN)CCc2ccccc2)cc1. The van der Waals surface area contributed by atoms with Crippen LogP contribution in [0.1, 0.15) is 18.9 Å². The summed E-state index contributed by atoms with van der Waals surface area (Å²) in [4.78, 5) is 11.6. The minimum atomic E-state index is -3.64. The Balaban J connectivity index is 2.14. The molecule has 0 saturated heterocycles. The van der Waals surface area contributed by atoms with E-state index in [1.807, 2.05) is 30.3 Å². The molecule has 0 unspecified atom stereocenters. The number of anilines is 1. The van der Waals surface area contributed by atoms with E-state index >= 15 is 0 Å². The fraction of sp³-hybridized carbons (Fsp3) is 0.316. The van der Waals surface area contributed by atoms with Crippen LogP contribution in [0.3, 0.4) is 0 Å². The molecule has 0 aliphatic heterocycles. The second kappa shape index (κ2) is 9.47. The van der Waals surface area contributed by atoms with Crippen molar-refractivity contribution in [3.8, 4) is 0 Å². The molecule has 0 fully saturated rings. The van der Waals surface area contributed by atoms with Gasteiger partial charge in [0.2, 0.25) is 15.9 Å². The van der Waals surface area contributed by atoms with Gasteiger partial charge in [-0.1, -0.05) is 37.3 Å². The van der Waals surface area contributed by atoms with Gasteiger partial charge in [0.25, 0.3) is 0 Å². The molecular formula is C19H25N3O3S. The second-order valence-electron chi connectivity index (χ2n) is 5.85. The lowest BCUT2D eigenvalue weighted by molar-refractivity contribution is -0.115. The third-order valence-corrected chi connectivity index (χ3v) is 5.88. The molecule has 2 rings (SSSR count). The molecule has 140 valence electrons. The van der Waals surface area contributed by atoms with E-state index < -0.39 is 10.0 Å². The molecule has 0 radical (unpaired) electrons. The van der Waals surface area contributed by atoms with E-state index in [4.69, 9.17) is 5.73 Å². The highest BCUT2D eigenvalue weighted by atomic mass is 32.2. The van der Waals surface area contributed by atoms with Gasteiger partial charge in [0, 0.05) is 31.7 Å². The fourth-order valence-corrected chi connectivity index (χ4v) is 3.96. The number of carbonyl (C=O) groups is 1. The summed E-state index contributed by atoms with van der Waals surface area (Å²) in [5.74, 6) is -0.117. The summed E-state index contributed by atoms with van der Waals surface area (Å²) in [6.07, 6.45) is 0.981. The van der Waals surface area contributed by atoms with Crippen molar-refractivity contribution in [2.24, 2.45) is 5.73 Å². The van der Waals surface area contributed by atoms with E-state index in [1.165, 1.54) is 16.4 Å². The molecule has 0 aliphatic carbocycles. The lowest BCUT2D eigenvalue weighted by atomic mass is 10.1. The number of nitrogens with one attached hydrogen (secondary N) is 1. The smallest absolute Gasteiger partial charge is 0.243 e. The maximum absolute atomic E-state index is 12.9. The topological polar surface area (TPSA) is 92.5 Å². The van der Waals surface area contributed by atoms with Crippen molar-refractivity contribution < 1.29 is 13.2 Å². The van der Waals surface area contributed by atoms with Crippen LogP contribution in [-0.2, 0) is 21.2 Å². The molecule has 3 N–H and O–H groups in total. The molecule has 0 saturated carbocycles. The van der Waals surface area contributed by atoms with Crippen LogP contribution >= 0.6 is 0 Å². The third kappa shape index (κ3) is 5.39. The Bertz CT molecular complexity index is 806. The zero-order valence-electron chi connectivity index (χ0n) is 14.9. The van der Waals surface area contributed by atoms with Crippen LogP contribution in [0.4, 0.5) is 5.69 Å². The lowest BCUT2D eigenvalue weighted by Crippen LogP contribution is -2.36. The molecule has 0 atom stereocenters. The van der Waals surface area contributed by atoms with Crippen LogP contribution in [0.2, 0.25) is 0 Å². The summed E-state index contributed by atoms with van der Waals surface area (Å²) in [7, 11) is -3.64. The molecule has 0 aromatic heterocycles. The van der Waals surface area contributed by atoms with Gasteiger partial charge in [0.05, 0.1) is 4.90 Å². The zero-order chi connectivity index (χ0) is 19.0. The highest BCUT2D eigenvalue weighted by Gasteiger charge is 2.23. The van der Waals surface area contributed by atoms with Crippen LogP contribution in [-0.4, -0.2) is 38.3 Å². The Hall–Kier alpha value is -2.22. The number of hydrogen-bond acceptors (Lipinski definition) is 4. The van der Waals surface area contributed by atoms with E-state index in [0.29, 0.717) is 25.1 Å². The van der Waals surface area contributed by atoms with E-state index in [0.717, 1.165) is 5.56 Å². The van der Waals surface area contributed by atoms with Crippen molar-refractivity contribution in [1.29, 1.82) is 0 Å². The molecule has 6 nitrogen and oxygen atoms in total. The van der Waals surface area contributed by atoms with Gasteiger partial charge < -0.3 is 11.1 Å². The Morgan fingerprint density at radius 3 is 2.27 bits per heavy atom. The molecular weight excluding hydrogens is 350 g/mol. The predicted molar refractivity (Wildman–Crippen MR) is 103 cm³/mol. The molecule has 0 heterocycles. The first-order valence-corrected chi connectivity index (χ1v) is 10.1. The first kappa shape index (κ1) is 20.1. The van der Waals surface area contributed by atoms with Crippen molar-refractivity contribution in [1.82, 2.24) is 4.31 Å². The largest absolute Gasteiger partial charge is 0.329 e. The van der Waals surface area contributed by atoms with Gasteiger partial charge in [-0.2, -0.15) is 4.31 Å². The van der Waals surface area contributed by atoms with Crippen LogP contribution < -0.4 is 11.1 Å². The van der Waals surface area contributed by atoms with Gasteiger partial charge in [-0.25, -0.2) is 8.42 Å². The van der Waals surface area contributed by atoms with Crippen LogP contribution in [0.15, 0.2) is 59.5 Å². The molecule has 2 aromatic rings. The van der Waals surface area contributed by atoms with Crippen LogP contribution in [0.25, 0.3) is 0 Å². The van der Waals surface area contributed by atoms with E-state index in [-0.39, 0.29) is 23.9 Å². The van der Waals surface area contributed by atoms with E-state index in [9.17, 15) is 13.2 Å². The minimum absolute atomic E-state index is 0.117. The summed E-state index contributed by atoms with van der Waals surface area (Å²) in [6.45, 7) is 2.62. The quantitative estimate of drug-likeness (QED) is 0.703. The standard InChI is InChI=1S/C19H25N3O3S/c1-2-19(23)21-17-8-10-18(11-9-17)26(24,25)22(15-13-20)14-12-16-6-4-3-5-7-16/h3-11H,2,12-15,20H2,1H3,(H,21,23). The average Bonchev–Trinajstić information content (AvgIpc) is 2.66. The Morgan fingerprint density at radius 1 is 1.04 bits per heavy atom. The average molecular weight is 375 g/mol. The number of benzene rings is 2. The van der Waals surface area contributed by atoms with Gasteiger partial charge in [-0.15, -0.1) is 0 Å². The summed E-state index contributed by atoms with van der Waals surface area (Å²) in [6, 6.07) is 15.9. The first-order valence-electron chi connectivity index (χ1n) is 8.61. The third-order valence-electron chi connectivity index (χ3n) is 3.97. The molecule has 26 heavy (non-hydrogen) atoms. The minimum Gasteiger partial charge on any atom is -0.329 e. The summed E-state index contributed by atoms with van der Waals surface area (Å²) in [5, 5.41) is 2.70. The summed E-state index contributed by atoms with van der Waals surface area (Å²) < 4.78 is 27.2. The maximum Gasteiger partial charge on any atom is 0.243 e. The molecule has 0 bridgehead atoms. The van der Waals surface area contributed by atoms with Gasteiger partial charge in [0.15, 0.2) is 0 Å². The lowest BCUT2D eigenvalue weighted by Gasteiger charge is -2.22. The predicted octanol–water partition coefficient (Wildman–Crippen LogP) is 2.23. The zero-order valence-corrected chi connectivity index (χ0v) is 15.7. The van der Waals surface area contributed by atoms with Crippen molar-refractivity contribution in [3.05, 3.63) is 60.2 Å². The fourth-order valence-electron chi connectivity index (χ4n) is 2.50. The Morgan fingerprint density at radius 2 is 1.69 bits per heavy atom. The van der Waals surface area contributed by atoms with Crippen molar-refractivity contribution in [2.45, 2.75) is 24.7 Å². The van der Waals surface area contributed by atoms with Crippen LogP contribution in [0, 0.1) is 0 Å².